The van der Waals surface area contributed by atoms with Crippen LogP contribution in [0.5, 0.6) is 0 Å². The molecule has 0 atom stereocenters. The molecule has 2 aromatic rings. The van der Waals surface area contributed by atoms with Gasteiger partial charge in [0.1, 0.15) is 5.82 Å². The minimum Gasteiger partial charge on any atom is -0.273 e. The first-order chi connectivity index (χ1) is 9.15. The summed E-state index contributed by atoms with van der Waals surface area (Å²) in [6.07, 6.45) is 0.0744. The first kappa shape index (κ1) is 13.2. The average molecular weight is 278 g/mol. The van der Waals surface area contributed by atoms with Crippen molar-refractivity contribution in [2.45, 2.75) is 6.42 Å². The van der Waals surface area contributed by atoms with E-state index < -0.39 is 0 Å². The minimum atomic E-state index is -0.364. The van der Waals surface area contributed by atoms with E-state index in [1.807, 2.05) is 0 Å². The van der Waals surface area contributed by atoms with Gasteiger partial charge in [-0.15, -0.1) is 11.3 Å². The number of hydrogen-bond donors (Lipinski definition) is 2. The summed E-state index contributed by atoms with van der Waals surface area (Å²) in [6, 6.07) is 9.03. The number of rotatable bonds is 3. The van der Waals surface area contributed by atoms with Crippen LogP contribution < -0.4 is 10.9 Å². The molecule has 6 heteroatoms. The van der Waals surface area contributed by atoms with Crippen molar-refractivity contribution in [2.75, 3.05) is 0 Å². The first-order valence-electron chi connectivity index (χ1n) is 5.52. The first-order valence-corrected chi connectivity index (χ1v) is 6.40. The molecular weight excluding hydrogens is 267 g/mol. The Labute approximate surface area is 113 Å². The third-order valence-corrected chi connectivity index (χ3v) is 3.21. The molecule has 1 aromatic heterocycles. The molecular formula is C13H11FN2O2S. The van der Waals surface area contributed by atoms with Gasteiger partial charge in [-0.1, -0.05) is 18.2 Å². The lowest BCUT2D eigenvalue weighted by Gasteiger charge is -2.06. The van der Waals surface area contributed by atoms with Crippen LogP contribution in [-0.2, 0) is 11.2 Å². The van der Waals surface area contributed by atoms with Crippen molar-refractivity contribution in [1.82, 2.24) is 10.9 Å². The molecule has 0 saturated carbocycles. The van der Waals surface area contributed by atoms with Gasteiger partial charge in [-0.2, -0.15) is 0 Å². The Kier molecular flexibility index (Phi) is 4.25. The van der Waals surface area contributed by atoms with Crippen molar-refractivity contribution in [3.8, 4) is 0 Å². The lowest BCUT2D eigenvalue weighted by Crippen LogP contribution is -2.42. The number of hydrazine groups is 1. The van der Waals surface area contributed by atoms with Crippen molar-refractivity contribution < 1.29 is 14.0 Å². The molecule has 0 saturated heterocycles. The van der Waals surface area contributed by atoms with Crippen LogP contribution in [-0.4, -0.2) is 11.8 Å². The Balaban J connectivity index is 1.82. The number of nitrogens with one attached hydrogen (secondary N) is 2. The van der Waals surface area contributed by atoms with E-state index in [0.29, 0.717) is 10.4 Å². The van der Waals surface area contributed by atoms with Gasteiger partial charge in [-0.05, 0) is 29.1 Å². The van der Waals surface area contributed by atoms with E-state index in [9.17, 15) is 14.0 Å². The number of amides is 2. The third kappa shape index (κ3) is 3.89. The Morgan fingerprint density at radius 1 is 1.11 bits per heavy atom. The fraction of sp³-hybridized carbons (Fsp3) is 0.0769. The largest absolute Gasteiger partial charge is 0.279 e. The molecule has 2 amide bonds. The van der Waals surface area contributed by atoms with Crippen molar-refractivity contribution in [3.63, 3.8) is 0 Å². The molecule has 0 fully saturated rings. The summed E-state index contributed by atoms with van der Waals surface area (Å²) < 4.78 is 12.7. The van der Waals surface area contributed by atoms with E-state index in [1.54, 1.807) is 17.5 Å². The van der Waals surface area contributed by atoms with Gasteiger partial charge in [0.05, 0.1) is 11.3 Å². The quantitative estimate of drug-likeness (QED) is 0.842. The predicted octanol–water partition coefficient (Wildman–Crippen LogP) is 1.89. The van der Waals surface area contributed by atoms with Crippen LogP contribution in [0.3, 0.4) is 0 Å². The summed E-state index contributed by atoms with van der Waals surface area (Å²) >= 11 is 1.28. The molecule has 19 heavy (non-hydrogen) atoms. The van der Waals surface area contributed by atoms with Crippen molar-refractivity contribution in [3.05, 3.63) is 58.0 Å². The number of hydrogen-bond acceptors (Lipinski definition) is 3. The summed E-state index contributed by atoms with van der Waals surface area (Å²) in [7, 11) is 0. The number of halogens is 1. The van der Waals surface area contributed by atoms with Gasteiger partial charge in [-0.3, -0.25) is 20.4 Å². The maximum Gasteiger partial charge on any atom is 0.279 e. The third-order valence-electron chi connectivity index (χ3n) is 2.34. The zero-order valence-electron chi connectivity index (χ0n) is 9.85. The average Bonchev–Trinajstić information content (AvgIpc) is 2.93. The van der Waals surface area contributed by atoms with Gasteiger partial charge in [0.25, 0.3) is 5.91 Å². The van der Waals surface area contributed by atoms with Gasteiger partial charge in [0.15, 0.2) is 0 Å². The van der Waals surface area contributed by atoms with E-state index in [-0.39, 0.29) is 24.1 Å². The fourth-order valence-electron chi connectivity index (χ4n) is 1.43. The Bertz CT molecular complexity index is 567. The van der Waals surface area contributed by atoms with Gasteiger partial charge in [-0.25, -0.2) is 4.39 Å². The maximum absolute atomic E-state index is 12.7. The van der Waals surface area contributed by atoms with Crippen molar-refractivity contribution in [1.29, 1.82) is 0 Å². The van der Waals surface area contributed by atoms with Crippen LogP contribution in [0.1, 0.15) is 15.2 Å². The molecule has 2 rings (SSSR count). The highest BCUT2D eigenvalue weighted by Crippen LogP contribution is 2.07. The molecule has 0 aliphatic rings. The topological polar surface area (TPSA) is 58.2 Å². The molecule has 4 nitrogen and oxygen atoms in total. The van der Waals surface area contributed by atoms with Crippen LogP contribution in [0, 0.1) is 5.82 Å². The number of carbonyl (C=O) groups is 2. The lowest BCUT2D eigenvalue weighted by molar-refractivity contribution is -0.121. The van der Waals surface area contributed by atoms with Crippen LogP contribution >= 0.6 is 11.3 Å². The van der Waals surface area contributed by atoms with Crippen LogP contribution in [0.4, 0.5) is 4.39 Å². The molecule has 98 valence electrons. The zero-order chi connectivity index (χ0) is 13.7. The van der Waals surface area contributed by atoms with Crippen LogP contribution in [0.2, 0.25) is 0 Å². The molecule has 0 spiro atoms. The highest BCUT2D eigenvalue weighted by molar-refractivity contribution is 7.12. The normalized spacial score (nSPS) is 9.95. The second-order valence-corrected chi connectivity index (χ2v) is 4.73. The summed E-state index contributed by atoms with van der Waals surface area (Å²) in [5.41, 5.74) is 5.29. The summed E-state index contributed by atoms with van der Waals surface area (Å²) in [5, 5.41) is 1.77. The van der Waals surface area contributed by atoms with Crippen LogP contribution in [0.15, 0.2) is 41.8 Å². The van der Waals surface area contributed by atoms with Gasteiger partial charge < -0.3 is 0 Å². The Hall–Kier alpha value is -2.21. The Morgan fingerprint density at radius 2 is 1.84 bits per heavy atom. The molecule has 0 unspecified atom stereocenters. The monoisotopic (exact) mass is 278 g/mol. The SMILES string of the molecule is O=C(Cc1ccc(F)cc1)NNC(=O)c1cccs1. The molecule has 0 bridgehead atoms. The van der Waals surface area contributed by atoms with E-state index in [4.69, 9.17) is 0 Å². The standard InChI is InChI=1S/C13H11FN2O2S/c14-10-5-3-9(4-6-10)8-12(17)15-16-13(18)11-2-1-7-19-11/h1-7H,8H2,(H,15,17)(H,16,18). The smallest absolute Gasteiger partial charge is 0.273 e. The summed E-state index contributed by atoms with van der Waals surface area (Å²) in [6.45, 7) is 0. The maximum atomic E-state index is 12.7. The van der Waals surface area contributed by atoms with Crippen molar-refractivity contribution in [2.24, 2.45) is 0 Å². The minimum absolute atomic E-state index is 0.0744. The van der Waals surface area contributed by atoms with E-state index in [2.05, 4.69) is 10.9 Å². The van der Waals surface area contributed by atoms with E-state index in [1.165, 1.54) is 35.6 Å². The predicted molar refractivity (Wildman–Crippen MR) is 70.0 cm³/mol. The fourth-order valence-corrected chi connectivity index (χ4v) is 2.05. The molecule has 0 aliphatic carbocycles. The van der Waals surface area contributed by atoms with E-state index in [0.717, 1.165) is 0 Å². The number of carbonyl (C=O) groups excluding carboxylic acids is 2. The number of benzene rings is 1. The second kappa shape index (κ2) is 6.10. The van der Waals surface area contributed by atoms with Gasteiger partial charge >= 0.3 is 0 Å². The molecule has 2 N–H and O–H groups in total. The zero-order valence-corrected chi connectivity index (χ0v) is 10.7. The van der Waals surface area contributed by atoms with Gasteiger partial charge in [0.2, 0.25) is 5.91 Å². The summed E-state index contributed by atoms with van der Waals surface area (Å²) in [5.74, 6) is -1.07. The van der Waals surface area contributed by atoms with Crippen molar-refractivity contribution >= 4 is 23.2 Å². The molecule has 1 heterocycles. The second-order valence-electron chi connectivity index (χ2n) is 3.78. The van der Waals surface area contributed by atoms with Crippen LogP contribution in [0.25, 0.3) is 0 Å². The van der Waals surface area contributed by atoms with E-state index >= 15 is 0 Å². The summed E-state index contributed by atoms with van der Waals surface area (Å²) in [4.78, 5) is 23.6. The Morgan fingerprint density at radius 3 is 2.47 bits per heavy atom. The lowest BCUT2D eigenvalue weighted by atomic mass is 10.1. The highest BCUT2D eigenvalue weighted by atomic mass is 32.1. The molecule has 1 aromatic carbocycles. The highest BCUT2D eigenvalue weighted by Gasteiger charge is 2.08. The molecule has 0 aliphatic heterocycles. The molecule has 0 radical (unpaired) electrons. The van der Waals surface area contributed by atoms with Gasteiger partial charge in [0, 0.05) is 0 Å². The number of thiophene rings is 1.